The van der Waals surface area contributed by atoms with E-state index < -0.39 is 16.0 Å². The summed E-state index contributed by atoms with van der Waals surface area (Å²) in [6.07, 6.45) is 0. The van der Waals surface area contributed by atoms with E-state index in [0.717, 1.165) is 11.1 Å². The van der Waals surface area contributed by atoms with Gasteiger partial charge in [-0.25, -0.2) is 27.9 Å². The first-order chi connectivity index (χ1) is 13.3. The van der Waals surface area contributed by atoms with E-state index >= 15 is 0 Å². The van der Waals surface area contributed by atoms with E-state index in [0.29, 0.717) is 5.69 Å². The van der Waals surface area contributed by atoms with Gasteiger partial charge in [-0.2, -0.15) is 0 Å². The van der Waals surface area contributed by atoms with Gasteiger partial charge in [-0.1, -0.05) is 41.9 Å². The van der Waals surface area contributed by atoms with Crippen molar-refractivity contribution >= 4 is 33.5 Å². The van der Waals surface area contributed by atoms with Gasteiger partial charge in [0, 0.05) is 11.6 Å². The van der Waals surface area contributed by atoms with Gasteiger partial charge in [-0.3, -0.25) is 0 Å². The summed E-state index contributed by atoms with van der Waals surface area (Å²) in [6.45, 7) is 1.91. The van der Waals surface area contributed by atoms with Gasteiger partial charge in [0.25, 0.3) is 10.0 Å². The van der Waals surface area contributed by atoms with Crippen LogP contribution in [-0.4, -0.2) is 31.5 Å². The Kier molecular flexibility index (Phi) is 5.62. The van der Waals surface area contributed by atoms with Gasteiger partial charge < -0.3 is 4.74 Å². The van der Waals surface area contributed by atoms with Crippen molar-refractivity contribution in [3.05, 3.63) is 70.9 Å². The minimum atomic E-state index is -4.04. The molecule has 0 radical (unpaired) electrons. The molecule has 0 spiro atoms. The molecule has 3 aromatic rings. The Labute approximate surface area is 167 Å². The third-order valence-corrected chi connectivity index (χ3v) is 5.43. The minimum Gasteiger partial charge on any atom is -0.465 e. The predicted molar refractivity (Wildman–Crippen MR) is 106 cm³/mol. The maximum Gasteiger partial charge on any atom is 0.337 e. The third-order valence-electron chi connectivity index (χ3n) is 3.91. The molecule has 1 aromatic heterocycles. The third kappa shape index (κ3) is 4.29. The molecule has 0 aliphatic carbocycles. The zero-order valence-electron chi connectivity index (χ0n) is 15.0. The second-order valence-electron chi connectivity index (χ2n) is 5.84. The summed E-state index contributed by atoms with van der Waals surface area (Å²) in [5.74, 6) is -0.813. The Morgan fingerprint density at radius 3 is 2.54 bits per heavy atom. The Morgan fingerprint density at radius 1 is 1.07 bits per heavy atom. The lowest BCUT2D eigenvalue weighted by molar-refractivity contribution is 0.0600. The molecule has 3 rings (SSSR count). The van der Waals surface area contributed by atoms with E-state index in [2.05, 4.69) is 19.4 Å². The van der Waals surface area contributed by atoms with E-state index in [9.17, 15) is 13.2 Å². The molecule has 1 N–H and O–H groups in total. The Bertz CT molecular complexity index is 1150. The number of rotatable bonds is 5. The first-order valence-electron chi connectivity index (χ1n) is 8.12. The zero-order chi connectivity index (χ0) is 20.3. The number of anilines is 1. The molecular weight excluding hydrogens is 402 g/mol. The Hall–Kier alpha value is -2.97. The van der Waals surface area contributed by atoms with Crippen molar-refractivity contribution in [3.8, 4) is 11.3 Å². The fraction of sp³-hybridized carbons (Fsp3) is 0.105. The number of aryl methyl sites for hydroxylation is 1. The second kappa shape index (κ2) is 7.95. The lowest BCUT2D eigenvalue weighted by Gasteiger charge is -2.10. The maximum absolute atomic E-state index is 12.7. The van der Waals surface area contributed by atoms with Crippen molar-refractivity contribution < 1.29 is 17.9 Å². The molecule has 0 unspecified atom stereocenters. The average molecular weight is 418 g/mol. The number of carbonyl (C=O) groups excluding carboxylic acids is 1. The molecular formula is C19H16ClN3O4S. The molecule has 9 heteroatoms. The van der Waals surface area contributed by atoms with Crippen LogP contribution in [0.5, 0.6) is 0 Å². The highest BCUT2D eigenvalue weighted by atomic mass is 35.5. The number of esters is 1. The fourth-order valence-corrected chi connectivity index (χ4v) is 3.72. The van der Waals surface area contributed by atoms with Crippen molar-refractivity contribution in [2.24, 2.45) is 0 Å². The predicted octanol–water partition coefficient (Wildman–Crippen LogP) is 3.69. The van der Waals surface area contributed by atoms with E-state index in [1.54, 1.807) is 6.07 Å². The molecule has 0 atom stereocenters. The van der Waals surface area contributed by atoms with Crippen LogP contribution in [0.2, 0.25) is 5.15 Å². The van der Waals surface area contributed by atoms with Gasteiger partial charge in [-0.15, -0.1) is 0 Å². The number of benzene rings is 2. The van der Waals surface area contributed by atoms with E-state index in [4.69, 9.17) is 11.6 Å². The van der Waals surface area contributed by atoms with Gasteiger partial charge in [0.15, 0.2) is 0 Å². The van der Waals surface area contributed by atoms with Crippen LogP contribution in [0.15, 0.2) is 59.5 Å². The van der Waals surface area contributed by atoms with Gasteiger partial charge >= 0.3 is 5.97 Å². The smallest absolute Gasteiger partial charge is 0.337 e. The molecule has 0 saturated heterocycles. The van der Waals surface area contributed by atoms with Gasteiger partial charge in [0.2, 0.25) is 5.95 Å². The molecule has 0 aliphatic heterocycles. The molecule has 0 aliphatic rings. The lowest BCUT2D eigenvalue weighted by Crippen LogP contribution is -2.16. The van der Waals surface area contributed by atoms with Crippen molar-refractivity contribution in [1.29, 1.82) is 0 Å². The first kappa shape index (κ1) is 19.8. The van der Waals surface area contributed by atoms with Gasteiger partial charge in [0.1, 0.15) is 5.15 Å². The van der Waals surface area contributed by atoms with Gasteiger partial charge in [-0.05, 0) is 30.7 Å². The van der Waals surface area contributed by atoms with Crippen molar-refractivity contribution in [2.75, 3.05) is 11.8 Å². The molecule has 2 aromatic carbocycles. The number of nitrogens with zero attached hydrogens (tertiary/aromatic N) is 2. The summed E-state index contributed by atoms with van der Waals surface area (Å²) in [6, 6.07) is 14.5. The van der Waals surface area contributed by atoms with Crippen LogP contribution in [-0.2, 0) is 14.8 Å². The quantitative estimate of drug-likeness (QED) is 0.502. The molecule has 0 amide bonds. The molecule has 7 nitrogen and oxygen atoms in total. The van der Waals surface area contributed by atoms with Crippen LogP contribution < -0.4 is 4.72 Å². The molecule has 0 saturated carbocycles. The van der Waals surface area contributed by atoms with Crippen molar-refractivity contribution in [3.63, 3.8) is 0 Å². The normalized spacial score (nSPS) is 11.1. The summed E-state index contributed by atoms with van der Waals surface area (Å²) in [5, 5.41) is 0.0919. The minimum absolute atomic E-state index is 0.0919. The van der Waals surface area contributed by atoms with Gasteiger partial charge in [0.05, 0.1) is 23.3 Å². The molecule has 28 heavy (non-hydrogen) atoms. The van der Waals surface area contributed by atoms with Crippen LogP contribution >= 0.6 is 11.6 Å². The lowest BCUT2D eigenvalue weighted by atomic mass is 10.1. The average Bonchev–Trinajstić information content (AvgIpc) is 2.67. The van der Waals surface area contributed by atoms with Crippen molar-refractivity contribution in [2.45, 2.75) is 11.8 Å². The zero-order valence-corrected chi connectivity index (χ0v) is 16.6. The van der Waals surface area contributed by atoms with Crippen LogP contribution in [0.25, 0.3) is 11.3 Å². The highest BCUT2D eigenvalue weighted by Gasteiger charge is 2.19. The number of methoxy groups -OCH3 is 1. The van der Waals surface area contributed by atoms with E-state index in [-0.39, 0.29) is 21.6 Å². The number of sulfonamides is 1. The summed E-state index contributed by atoms with van der Waals surface area (Å²) in [7, 11) is -2.83. The molecule has 0 fully saturated rings. The topological polar surface area (TPSA) is 98.2 Å². The summed E-state index contributed by atoms with van der Waals surface area (Å²) >= 11 is 6.07. The summed E-state index contributed by atoms with van der Waals surface area (Å²) in [5.41, 5.74) is 2.36. The van der Waals surface area contributed by atoms with E-state index in [1.165, 1.54) is 31.4 Å². The number of hydrogen-bond acceptors (Lipinski definition) is 6. The number of ether oxygens (including phenoxy) is 1. The maximum atomic E-state index is 12.7. The Balaban J connectivity index is 1.97. The molecule has 144 valence electrons. The first-order valence-corrected chi connectivity index (χ1v) is 9.98. The van der Waals surface area contributed by atoms with Crippen LogP contribution in [0.1, 0.15) is 15.9 Å². The number of nitrogens with one attached hydrogen (secondary N) is 1. The van der Waals surface area contributed by atoms with E-state index in [1.807, 2.05) is 31.2 Å². The molecule has 1 heterocycles. The summed E-state index contributed by atoms with van der Waals surface area (Å²) in [4.78, 5) is 19.7. The fourth-order valence-electron chi connectivity index (χ4n) is 2.55. The second-order valence-corrected chi connectivity index (χ2v) is 7.91. The Morgan fingerprint density at radius 2 is 1.82 bits per heavy atom. The number of aromatic nitrogens is 2. The largest absolute Gasteiger partial charge is 0.465 e. The highest BCUT2D eigenvalue weighted by Crippen LogP contribution is 2.25. The van der Waals surface area contributed by atoms with Crippen LogP contribution in [0.3, 0.4) is 0 Å². The number of hydrogen-bond donors (Lipinski definition) is 1. The highest BCUT2D eigenvalue weighted by molar-refractivity contribution is 7.92. The summed E-state index contributed by atoms with van der Waals surface area (Å²) < 4.78 is 32.3. The number of halogens is 1. The molecule has 0 bridgehead atoms. The van der Waals surface area contributed by atoms with Crippen LogP contribution in [0.4, 0.5) is 5.95 Å². The number of carbonyl (C=O) groups is 1. The standard InChI is InChI=1S/C19H16ClN3O4S/c1-12-6-3-4-9-15(12)16-11-17(20)22-19(21-16)23-28(25,26)14-8-5-7-13(10-14)18(24)27-2/h3-11H,1-2H3,(H,21,22,23). The monoisotopic (exact) mass is 417 g/mol. The van der Waals surface area contributed by atoms with Crippen molar-refractivity contribution in [1.82, 2.24) is 9.97 Å². The van der Waals surface area contributed by atoms with Crippen LogP contribution in [0, 0.1) is 6.92 Å². The SMILES string of the molecule is COC(=O)c1cccc(S(=O)(=O)Nc2nc(Cl)cc(-c3ccccc3C)n2)c1.